The number of benzene rings is 2. The summed E-state index contributed by atoms with van der Waals surface area (Å²) < 4.78 is 0. The first-order valence-electron chi connectivity index (χ1n) is 11.1. The molecule has 0 aliphatic rings. The second-order valence-corrected chi connectivity index (χ2v) is 15.1. The molecule has 0 fully saturated rings. The fraction of sp³-hybridized carbons (Fsp3) is 0.333. The molecule has 1 heterocycles. The van der Waals surface area contributed by atoms with Crippen molar-refractivity contribution < 1.29 is 4.79 Å². The molecular weight excluding hydrogens is 432 g/mol. The average Bonchev–Trinajstić information content (AvgIpc) is 2.73. The second kappa shape index (κ2) is 9.89. The molecule has 166 valence electrons. The van der Waals surface area contributed by atoms with E-state index in [1.165, 1.54) is 0 Å². The van der Waals surface area contributed by atoms with Gasteiger partial charge < -0.3 is 5.32 Å². The van der Waals surface area contributed by atoms with Crippen LogP contribution in [-0.4, -0.2) is 19.0 Å². The summed E-state index contributed by atoms with van der Waals surface area (Å²) in [5.74, 6) is 3.12. The lowest BCUT2D eigenvalue weighted by atomic mass is 10.1. The Morgan fingerprint density at radius 3 is 2.22 bits per heavy atom. The summed E-state index contributed by atoms with van der Waals surface area (Å²) in [5, 5.41) is 4.37. The third-order valence-electron chi connectivity index (χ3n) is 6.40. The van der Waals surface area contributed by atoms with Crippen LogP contribution in [0.1, 0.15) is 57.5 Å². The zero-order valence-corrected chi connectivity index (χ0v) is 21.4. The molecule has 0 spiro atoms. The molecule has 0 unspecified atom stereocenters. The molecule has 0 saturated carbocycles. The van der Waals surface area contributed by atoms with Crippen molar-refractivity contribution in [2.45, 2.75) is 58.2 Å². The fourth-order valence-corrected chi connectivity index (χ4v) is 10.3. The van der Waals surface area contributed by atoms with E-state index in [-0.39, 0.29) is 5.91 Å². The summed E-state index contributed by atoms with van der Waals surface area (Å²) in [4.78, 5) is 17.8. The van der Waals surface area contributed by atoms with Crippen molar-refractivity contribution in [3.05, 3.63) is 70.9 Å². The highest BCUT2D eigenvalue weighted by Crippen LogP contribution is 2.41. The minimum absolute atomic E-state index is 0.274. The van der Waals surface area contributed by atoms with Crippen LogP contribution in [0.3, 0.4) is 0 Å². The van der Waals surface area contributed by atoms with Crippen LogP contribution >= 0.6 is 11.6 Å². The van der Waals surface area contributed by atoms with E-state index in [9.17, 15) is 4.79 Å². The Bertz CT molecular complexity index is 1160. The lowest BCUT2D eigenvalue weighted by Gasteiger charge is -2.38. The Hall–Kier alpha value is -2.61. The summed E-state index contributed by atoms with van der Waals surface area (Å²) in [6, 6.07) is 15.0. The fourth-order valence-electron chi connectivity index (χ4n) is 4.86. The van der Waals surface area contributed by atoms with Crippen LogP contribution in [0.4, 0.5) is 5.69 Å². The Morgan fingerprint density at radius 1 is 0.938 bits per heavy atom. The van der Waals surface area contributed by atoms with Gasteiger partial charge in [-0.15, -0.1) is 5.54 Å². The van der Waals surface area contributed by atoms with Gasteiger partial charge in [0.1, 0.15) is 8.07 Å². The van der Waals surface area contributed by atoms with Gasteiger partial charge in [0.05, 0.1) is 21.8 Å². The number of aromatic nitrogens is 1. The Kier molecular flexibility index (Phi) is 7.43. The molecule has 0 aliphatic heterocycles. The number of fused-ring (bicyclic) bond motifs is 1. The maximum Gasteiger partial charge on any atom is 0.258 e. The van der Waals surface area contributed by atoms with Gasteiger partial charge in [0.25, 0.3) is 5.91 Å². The van der Waals surface area contributed by atoms with E-state index in [0.717, 1.165) is 10.9 Å². The second-order valence-electron chi connectivity index (χ2n) is 9.14. The van der Waals surface area contributed by atoms with Gasteiger partial charge in [-0.1, -0.05) is 83.3 Å². The molecule has 32 heavy (non-hydrogen) atoms. The predicted molar refractivity (Wildman–Crippen MR) is 139 cm³/mol. The quantitative estimate of drug-likeness (QED) is 0.311. The SMILES string of the molecule is CC(C)[Si](C#Cc1cccc(Cl)c1C(=O)Nc1cccc2cccnc12)(C(C)C)C(C)C. The number of hydrogen-bond acceptors (Lipinski definition) is 2. The number of nitrogens with one attached hydrogen (secondary N) is 1. The molecule has 0 aliphatic carbocycles. The number of carbonyl (C=O) groups excluding carboxylic acids is 1. The first-order valence-corrected chi connectivity index (χ1v) is 13.8. The predicted octanol–water partition coefficient (Wildman–Crippen LogP) is 7.71. The molecule has 0 atom stereocenters. The third-order valence-corrected chi connectivity index (χ3v) is 13.0. The molecule has 0 bridgehead atoms. The van der Waals surface area contributed by atoms with Gasteiger partial charge in [-0.25, -0.2) is 0 Å². The summed E-state index contributed by atoms with van der Waals surface area (Å²) in [6.07, 6.45) is 1.72. The van der Waals surface area contributed by atoms with E-state index in [4.69, 9.17) is 11.6 Å². The number of halogens is 1. The van der Waals surface area contributed by atoms with Gasteiger partial charge in [0.2, 0.25) is 0 Å². The van der Waals surface area contributed by atoms with Crippen LogP contribution < -0.4 is 5.32 Å². The van der Waals surface area contributed by atoms with E-state index >= 15 is 0 Å². The summed E-state index contributed by atoms with van der Waals surface area (Å²) in [7, 11) is -1.94. The van der Waals surface area contributed by atoms with Crippen molar-refractivity contribution in [3.63, 3.8) is 0 Å². The lowest BCUT2D eigenvalue weighted by molar-refractivity contribution is 0.102. The molecule has 0 saturated heterocycles. The molecule has 2 aromatic carbocycles. The van der Waals surface area contributed by atoms with Gasteiger partial charge in [-0.2, -0.15) is 0 Å². The van der Waals surface area contributed by atoms with Crippen LogP contribution in [0, 0.1) is 11.5 Å². The first-order chi connectivity index (χ1) is 15.2. The number of para-hydroxylation sites is 1. The van der Waals surface area contributed by atoms with E-state index in [1.807, 2.05) is 42.5 Å². The van der Waals surface area contributed by atoms with E-state index in [0.29, 0.717) is 38.5 Å². The normalized spacial score (nSPS) is 11.7. The van der Waals surface area contributed by atoms with Crippen LogP contribution in [-0.2, 0) is 0 Å². The molecule has 1 aromatic heterocycles. The maximum absolute atomic E-state index is 13.3. The highest BCUT2D eigenvalue weighted by Gasteiger charge is 2.41. The zero-order valence-electron chi connectivity index (χ0n) is 19.7. The van der Waals surface area contributed by atoms with Crippen LogP contribution in [0.15, 0.2) is 54.7 Å². The topological polar surface area (TPSA) is 42.0 Å². The van der Waals surface area contributed by atoms with Gasteiger partial charge in [0, 0.05) is 17.1 Å². The molecule has 1 amide bonds. The minimum atomic E-state index is -1.94. The lowest BCUT2D eigenvalue weighted by Crippen LogP contribution is -2.43. The number of carbonyl (C=O) groups is 1. The Balaban J connectivity index is 2.06. The van der Waals surface area contributed by atoms with Gasteiger partial charge in [-0.05, 0) is 40.9 Å². The summed E-state index contributed by atoms with van der Waals surface area (Å²) >= 11 is 6.51. The number of hydrogen-bond donors (Lipinski definition) is 1. The van der Waals surface area contributed by atoms with Crippen LogP contribution in [0.25, 0.3) is 10.9 Å². The van der Waals surface area contributed by atoms with E-state index in [1.54, 1.807) is 12.3 Å². The van der Waals surface area contributed by atoms with Crippen molar-refractivity contribution in [1.29, 1.82) is 0 Å². The molecule has 1 N–H and O–H groups in total. The first kappa shape index (κ1) is 24.0. The highest BCUT2D eigenvalue weighted by atomic mass is 35.5. The minimum Gasteiger partial charge on any atom is -0.320 e. The maximum atomic E-state index is 13.3. The van der Waals surface area contributed by atoms with Gasteiger partial charge in [-0.3, -0.25) is 9.78 Å². The number of nitrogens with zero attached hydrogens (tertiary/aromatic N) is 1. The zero-order chi connectivity index (χ0) is 23.5. The average molecular weight is 463 g/mol. The molecule has 3 rings (SSSR count). The van der Waals surface area contributed by atoms with Crippen molar-refractivity contribution in [1.82, 2.24) is 4.98 Å². The molecule has 5 heteroatoms. The standard InChI is InChI=1S/C27H31ClN2OSi/c1-18(2)32(19(3)4,20(5)6)17-15-21-10-7-13-23(28)25(21)27(31)30-24-14-8-11-22-12-9-16-29-26(22)24/h7-14,16,18-20H,1-6H3,(H,30,31). The van der Waals surface area contributed by atoms with Crippen LogP contribution in [0.2, 0.25) is 21.6 Å². The van der Waals surface area contributed by atoms with Gasteiger partial charge >= 0.3 is 0 Å². The smallest absolute Gasteiger partial charge is 0.258 e. The number of pyridine rings is 1. The van der Waals surface area contributed by atoms with E-state index < -0.39 is 8.07 Å². The number of anilines is 1. The third kappa shape index (κ3) is 4.60. The van der Waals surface area contributed by atoms with Crippen molar-refractivity contribution >= 4 is 42.2 Å². The monoisotopic (exact) mass is 462 g/mol. The highest BCUT2D eigenvalue weighted by molar-refractivity contribution is 6.90. The molecule has 0 radical (unpaired) electrons. The van der Waals surface area contributed by atoms with E-state index in [2.05, 4.69) is 63.3 Å². The van der Waals surface area contributed by atoms with Crippen molar-refractivity contribution in [2.24, 2.45) is 0 Å². The van der Waals surface area contributed by atoms with Crippen LogP contribution in [0.5, 0.6) is 0 Å². The molecular formula is C27H31ClN2OSi. The largest absolute Gasteiger partial charge is 0.320 e. The molecule has 3 nitrogen and oxygen atoms in total. The summed E-state index contributed by atoms with van der Waals surface area (Å²) in [5.41, 5.74) is 7.70. The van der Waals surface area contributed by atoms with Crippen molar-refractivity contribution in [2.75, 3.05) is 5.32 Å². The Morgan fingerprint density at radius 2 is 1.56 bits per heavy atom. The number of amides is 1. The molecule has 3 aromatic rings. The van der Waals surface area contributed by atoms with Gasteiger partial charge in [0.15, 0.2) is 0 Å². The summed E-state index contributed by atoms with van der Waals surface area (Å²) in [6.45, 7) is 13.7. The van der Waals surface area contributed by atoms with Crippen molar-refractivity contribution in [3.8, 4) is 11.5 Å². The number of rotatable bonds is 5. The Labute approximate surface area is 197 Å².